The van der Waals surface area contributed by atoms with Crippen molar-refractivity contribution in [3.05, 3.63) is 41.6 Å². The monoisotopic (exact) mass is 161 g/mol. The van der Waals surface area contributed by atoms with E-state index in [9.17, 15) is 4.79 Å². The summed E-state index contributed by atoms with van der Waals surface area (Å²) >= 11 is 0. The Kier molecular flexibility index (Phi) is 2.64. The molecule has 0 saturated heterocycles. The zero-order valence-corrected chi connectivity index (χ0v) is 6.95. The van der Waals surface area contributed by atoms with Gasteiger partial charge in [-0.2, -0.15) is 0 Å². The average molecular weight is 161 g/mol. The molecule has 0 aliphatic rings. The first kappa shape index (κ1) is 8.53. The molecule has 0 saturated carbocycles. The normalized spacial score (nSPS) is 11.2. The van der Waals surface area contributed by atoms with E-state index in [2.05, 4.69) is 0 Å². The Morgan fingerprint density at radius 1 is 1.33 bits per heavy atom. The van der Waals surface area contributed by atoms with Gasteiger partial charge in [0, 0.05) is 6.92 Å². The molecule has 2 nitrogen and oxygen atoms in total. The Morgan fingerprint density at radius 2 is 1.92 bits per heavy atom. The fourth-order valence-electron chi connectivity index (χ4n) is 0.830. The van der Waals surface area contributed by atoms with Crippen LogP contribution in [0.5, 0.6) is 0 Å². The highest BCUT2D eigenvalue weighted by molar-refractivity contribution is 5.96. The lowest BCUT2D eigenvalue weighted by Gasteiger charge is -1.94. The molecule has 0 amide bonds. The molecule has 0 aliphatic carbocycles. The van der Waals surface area contributed by atoms with Crippen molar-refractivity contribution in [3.8, 4) is 0 Å². The summed E-state index contributed by atoms with van der Waals surface area (Å²) in [4.78, 5) is 10.8. The molecular formula is C10H11NO. The zero-order valence-electron chi connectivity index (χ0n) is 6.95. The Labute approximate surface area is 71.7 Å². The van der Waals surface area contributed by atoms with Gasteiger partial charge in [-0.15, -0.1) is 0 Å². The zero-order chi connectivity index (χ0) is 8.97. The number of Topliss-reactive ketones (excluding diaryl/α,β-unsaturated/α-hetero) is 1. The number of carbonyl (C=O) groups excluding carboxylic acids is 1. The molecule has 1 aromatic rings. The van der Waals surface area contributed by atoms with Gasteiger partial charge in [-0.1, -0.05) is 30.3 Å². The standard InChI is InChI=1S/C10H11NO/c1-8(12)10(11)7-9-5-3-2-4-6-9/h2-7H,11H2,1H3/b10-7-. The number of nitrogens with two attached hydrogens (primary N) is 1. The third kappa shape index (κ3) is 2.23. The van der Waals surface area contributed by atoms with Crippen LogP contribution in [0.15, 0.2) is 36.0 Å². The molecule has 12 heavy (non-hydrogen) atoms. The van der Waals surface area contributed by atoms with Gasteiger partial charge in [-0.05, 0) is 11.6 Å². The molecule has 0 aromatic heterocycles. The lowest BCUT2D eigenvalue weighted by Crippen LogP contribution is -2.06. The molecular weight excluding hydrogens is 150 g/mol. The van der Waals surface area contributed by atoms with Crippen LogP contribution in [-0.4, -0.2) is 5.78 Å². The highest BCUT2D eigenvalue weighted by Gasteiger charge is 1.95. The average Bonchev–Trinajstić information content (AvgIpc) is 2.06. The van der Waals surface area contributed by atoms with E-state index in [1.54, 1.807) is 6.08 Å². The summed E-state index contributed by atoms with van der Waals surface area (Å²) in [6.07, 6.45) is 1.67. The summed E-state index contributed by atoms with van der Waals surface area (Å²) in [5, 5.41) is 0. The van der Waals surface area contributed by atoms with Crippen molar-refractivity contribution < 1.29 is 4.79 Å². The van der Waals surface area contributed by atoms with Crippen molar-refractivity contribution in [1.82, 2.24) is 0 Å². The number of hydrogen-bond donors (Lipinski definition) is 1. The molecule has 2 N–H and O–H groups in total. The molecule has 0 aliphatic heterocycles. The molecule has 0 spiro atoms. The Balaban J connectivity index is 2.89. The van der Waals surface area contributed by atoms with Crippen LogP contribution in [0.3, 0.4) is 0 Å². The predicted octanol–water partition coefficient (Wildman–Crippen LogP) is 1.58. The molecule has 0 radical (unpaired) electrons. The quantitative estimate of drug-likeness (QED) is 0.669. The number of benzene rings is 1. The van der Waals surface area contributed by atoms with Gasteiger partial charge in [-0.3, -0.25) is 4.79 Å². The minimum atomic E-state index is -0.0983. The summed E-state index contributed by atoms with van der Waals surface area (Å²) in [7, 11) is 0. The highest BCUT2D eigenvalue weighted by atomic mass is 16.1. The summed E-state index contributed by atoms with van der Waals surface area (Å²) in [5.74, 6) is -0.0983. The fourth-order valence-corrected chi connectivity index (χ4v) is 0.830. The minimum Gasteiger partial charge on any atom is -0.396 e. The topological polar surface area (TPSA) is 43.1 Å². The van der Waals surface area contributed by atoms with Gasteiger partial charge >= 0.3 is 0 Å². The SMILES string of the molecule is CC(=O)/C(N)=C/c1ccccc1. The van der Waals surface area contributed by atoms with Gasteiger partial charge in [0.05, 0.1) is 5.70 Å². The predicted molar refractivity (Wildman–Crippen MR) is 49.3 cm³/mol. The van der Waals surface area contributed by atoms with Crippen molar-refractivity contribution in [2.75, 3.05) is 0 Å². The van der Waals surface area contributed by atoms with E-state index >= 15 is 0 Å². The maximum absolute atomic E-state index is 10.8. The Morgan fingerprint density at radius 3 is 2.42 bits per heavy atom. The molecule has 0 atom stereocenters. The summed E-state index contributed by atoms with van der Waals surface area (Å²) in [6.45, 7) is 1.45. The molecule has 0 bridgehead atoms. The van der Waals surface area contributed by atoms with Crippen molar-refractivity contribution in [3.63, 3.8) is 0 Å². The fraction of sp³-hybridized carbons (Fsp3) is 0.100. The van der Waals surface area contributed by atoms with E-state index in [-0.39, 0.29) is 5.78 Å². The first-order valence-electron chi connectivity index (χ1n) is 3.73. The molecule has 0 unspecified atom stereocenters. The smallest absolute Gasteiger partial charge is 0.175 e. The molecule has 1 rings (SSSR count). The van der Waals surface area contributed by atoms with Crippen molar-refractivity contribution in [1.29, 1.82) is 0 Å². The van der Waals surface area contributed by atoms with Crippen LogP contribution >= 0.6 is 0 Å². The Bertz CT molecular complexity index is 301. The second-order valence-electron chi connectivity index (χ2n) is 2.57. The highest BCUT2D eigenvalue weighted by Crippen LogP contribution is 2.03. The number of carbonyl (C=O) groups is 1. The van der Waals surface area contributed by atoms with E-state index in [1.807, 2.05) is 30.3 Å². The van der Waals surface area contributed by atoms with Crippen LogP contribution < -0.4 is 5.73 Å². The van der Waals surface area contributed by atoms with Crippen LogP contribution in [0.1, 0.15) is 12.5 Å². The lowest BCUT2D eigenvalue weighted by molar-refractivity contribution is -0.113. The maximum Gasteiger partial charge on any atom is 0.175 e. The van der Waals surface area contributed by atoms with Crippen molar-refractivity contribution >= 4 is 11.9 Å². The molecule has 0 fully saturated rings. The second kappa shape index (κ2) is 3.72. The lowest BCUT2D eigenvalue weighted by atomic mass is 10.2. The van der Waals surface area contributed by atoms with E-state index in [4.69, 9.17) is 5.73 Å². The van der Waals surface area contributed by atoms with Crippen molar-refractivity contribution in [2.45, 2.75) is 6.92 Å². The van der Waals surface area contributed by atoms with E-state index in [1.165, 1.54) is 6.92 Å². The van der Waals surface area contributed by atoms with Gasteiger partial charge in [0.2, 0.25) is 0 Å². The van der Waals surface area contributed by atoms with Crippen LogP contribution in [0.25, 0.3) is 6.08 Å². The van der Waals surface area contributed by atoms with Gasteiger partial charge in [0.1, 0.15) is 0 Å². The molecule has 2 heteroatoms. The van der Waals surface area contributed by atoms with Crippen LogP contribution in [0, 0.1) is 0 Å². The summed E-state index contributed by atoms with van der Waals surface area (Å²) < 4.78 is 0. The number of allylic oxidation sites excluding steroid dienone is 1. The van der Waals surface area contributed by atoms with Gasteiger partial charge in [0.15, 0.2) is 5.78 Å². The minimum absolute atomic E-state index is 0.0983. The van der Waals surface area contributed by atoms with E-state index in [0.29, 0.717) is 5.70 Å². The molecule has 62 valence electrons. The summed E-state index contributed by atoms with van der Waals surface area (Å²) in [6, 6.07) is 9.52. The van der Waals surface area contributed by atoms with E-state index < -0.39 is 0 Å². The number of rotatable bonds is 2. The second-order valence-corrected chi connectivity index (χ2v) is 2.57. The number of hydrogen-bond acceptors (Lipinski definition) is 2. The van der Waals surface area contributed by atoms with Gasteiger partial charge < -0.3 is 5.73 Å². The van der Waals surface area contributed by atoms with Crippen LogP contribution in [0.2, 0.25) is 0 Å². The third-order valence-electron chi connectivity index (χ3n) is 1.53. The number of ketones is 1. The molecule has 0 heterocycles. The molecule has 1 aromatic carbocycles. The van der Waals surface area contributed by atoms with Crippen LogP contribution in [0.4, 0.5) is 0 Å². The first-order valence-corrected chi connectivity index (χ1v) is 3.73. The van der Waals surface area contributed by atoms with Crippen LogP contribution in [-0.2, 0) is 4.79 Å². The maximum atomic E-state index is 10.8. The van der Waals surface area contributed by atoms with E-state index in [0.717, 1.165) is 5.56 Å². The van der Waals surface area contributed by atoms with Gasteiger partial charge in [-0.25, -0.2) is 0 Å². The summed E-state index contributed by atoms with van der Waals surface area (Å²) in [5.41, 5.74) is 6.70. The largest absolute Gasteiger partial charge is 0.396 e. The first-order chi connectivity index (χ1) is 5.70. The third-order valence-corrected chi connectivity index (χ3v) is 1.53. The van der Waals surface area contributed by atoms with Crippen molar-refractivity contribution in [2.24, 2.45) is 5.73 Å². The van der Waals surface area contributed by atoms with Gasteiger partial charge in [0.25, 0.3) is 0 Å². The Hall–Kier alpha value is -1.57.